The van der Waals surface area contributed by atoms with Crippen LogP contribution in [0.2, 0.25) is 0 Å². The highest BCUT2D eigenvalue weighted by Gasteiger charge is 2.49. The molecule has 4 heteroatoms. The molecule has 0 bridgehead atoms. The standard InChI is InChI=1S/C63H48N2O2/c1-35-16-8-13-21-49(35)65(37-24-26-40-46(32-37)61(2,3)48-34-44(36-28-30-64-31-29-36)59-54(52(40)48)42-18-10-14-22-50(42)66-59)38-25-27-41-47(33-38)63(6,7)58-56(41)60-55(43-19-11-15-23-51(43)67-60)53-39-17-9-12-20-45(39)62(4,5)57(53)58/h8-34H,1-7H3. The van der Waals surface area contributed by atoms with E-state index in [4.69, 9.17) is 8.83 Å². The zero-order valence-corrected chi connectivity index (χ0v) is 38.8. The molecule has 0 atom stereocenters. The summed E-state index contributed by atoms with van der Waals surface area (Å²) in [5, 5.41) is 4.71. The molecular formula is C63H48N2O2. The first-order valence-corrected chi connectivity index (χ1v) is 23.6. The van der Waals surface area contributed by atoms with Crippen LogP contribution in [0.3, 0.4) is 0 Å². The third kappa shape index (κ3) is 4.90. The number of fused-ring (bicyclic) bond motifs is 19. The SMILES string of the molecule is Cc1ccccc1N(c1ccc2c(c1)C(C)(C)c1cc(-c3ccncc3)c3oc4ccccc4c3c1-2)c1ccc2c(c1)C(C)(C)c1c3c(c4c(oc5ccccc54)c1-2)-c1ccccc1C3(C)C. The molecule has 0 amide bonds. The lowest BCUT2D eigenvalue weighted by Gasteiger charge is -2.32. The molecule has 0 N–H and O–H groups in total. The van der Waals surface area contributed by atoms with E-state index in [0.717, 1.165) is 55.9 Å². The Kier molecular flexibility index (Phi) is 7.49. The molecule has 3 aliphatic carbocycles. The largest absolute Gasteiger partial charge is 0.455 e. The highest BCUT2D eigenvalue weighted by Crippen LogP contribution is 2.64. The number of furan rings is 2. The van der Waals surface area contributed by atoms with Crippen LogP contribution in [0, 0.1) is 6.92 Å². The Bertz CT molecular complexity index is 3970. The summed E-state index contributed by atoms with van der Waals surface area (Å²) in [7, 11) is 0. The minimum Gasteiger partial charge on any atom is -0.455 e. The molecule has 3 aliphatic rings. The van der Waals surface area contributed by atoms with Crippen LogP contribution < -0.4 is 4.90 Å². The van der Waals surface area contributed by atoms with Crippen molar-refractivity contribution in [1.29, 1.82) is 0 Å². The van der Waals surface area contributed by atoms with Crippen molar-refractivity contribution in [3.8, 4) is 44.5 Å². The summed E-state index contributed by atoms with van der Waals surface area (Å²) in [6, 6.07) is 55.8. The van der Waals surface area contributed by atoms with E-state index in [0.29, 0.717) is 0 Å². The maximum Gasteiger partial charge on any atom is 0.144 e. The highest BCUT2D eigenvalue weighted by atomic mass is 16.3. The van der Waals surface area contributed by atoms with Crippen LogP contribution in [0.4, 0.5) is 17.1 Å². The lowest BCUT2D eigenvalue weighted by molar-refractivity contribution is 0.600. The van der Waals surface area contributed by atoms with Crippen LogP contribution >= 0.6 is 0 Å². The van der Waals surface area contributed by atoms with Crippen molar-refractivity contribution in [2.45, 2.75) is 64.7 Å². The predicted octanol–water partition coefficient (Wildman–Crippen LogP) is 17.2. The summed E-state index contributed by atoms with van der Waals surface area (Å²) in [6.45, 7) is 16.7. The second-order valence-electron chi connectivity index (χ2n) is 20.7. The number of aromatic nitrogens is 1. The summed E-state index contributed by atoms with van der Waals surface area (Å²) >= 11 is 0. The number of benzene rings is 8. The Labute approximate surface area is 390 Å². The second-order valence-corrected chi connectivity index (χ2v) is 20.7. The van der Waals surface area contributed by atoms with Gasteiger partial charge in [0, 0.05) is 78.4 Å². The Morgan fingerprint density at radius 3 is 1.67 bits per heavy atom. The van der Waals surface area contributed by atoms with Crippen LogP contribution in [0.25, 0.3) is 88.4 Å². The number of hydrogen-bond donors (Lipinski definition) is 0. The molecule has 11 aromatic rings. The van der Waals surface area contributed by atoms with Crippen LogP contribution in [0.15, 0.2) is 173 Å². The molecule has 67 heavy (non-hydrogen) atoms. The van der Waals surface area contributed by atoms with Crippen molar-refractivity contribution < 1.29 is 8.83 Å². The second kappa shape index (κ2) is 13.0. The van der Waals surface area contributed by atoms with E-state index in [-0.39, 0.29) is 16.2 Å². The molecule has 0 radical (unpaired) electrons. The van der Waals surface area contributed by atoms with Gasteiger partial charge in [-0.25, -0.2) is 0 Å². The molecule has 0 saturated heterocycles. The number of rotatable bonds is 4. The number of pyridine rings is 1. The first kappa shape index (κ1) is 38.6. The van der Waals surface area contributed by atoms with Crippen molar-refractivity contribution in [1.82, 2.24) is 4.98 Å². The van der Waals surface area contributed by atoms with Gasteiger partial charge >= 0.3 is 0 Å². The summed E-state index contributed by atoms with van der Waals surface area (Å²) in [4.78, 5) is 6.84. The Morgan fingerprint density at radius 2 is 0.970 bits per heavy atom. The molecule has 3 heterocycles. The first-order valence-electron chi connectivity index (χ1n) is 23.6. The fraction of sp³-hybridized carbons (Fsp3) is 0.159. The molecule has 0 saturated carbocycles. The van der Waals surface area contributed by atoms with Gasteiger partial charge < -0.3 is 13.7 Å². The summed E-state index contributed by atoms with van der Waals surface area (Å²) in [6.07, 6.45) is 3.74. The highest BCUT2D eigenvalue weighted by molar-refractivity contribution is 6.21. The molecule has 322 valence electrons. The molecule has 0 fully saturated rings. The van der Waals surface area contributed by atoms with Gasteiger partial charge in [-0.05, 0) is 140 Å². The molecule has 0 unspecified atom stereocenters. The van der Waals surface area contributed by atoms with Gasteiger partial charge in [0.1, 0.15) is 22.3 Å². The lowest BCUT2D eigenvalue weighted by Crippen LogP contribution is -2.24. The monoisotopic (exact) mass is 864 g/mol. The van der Waals surface area contributed by atoms with Crippen molar-refractivity contribution in [2.24, 2.45) is 0 Å². The normalized spacial score (nSPS) is 15.4. The van der Waals surface area contributed by atoms with E-state index in [2.05, 4.69) is 210 Å². The van der Waals surface area contributed by atoms with E-state index in [1.807, 2.05) is 12.4 Å². The number of aryl methyl sites for hydroxylation is 1. The minimum absolute atomic E-state index is 0.208. The van der Waals surface area contributed by atoms with E-state index in [1.165, 1.54) is 88.5 Å². The minimum atomic E-state index is -0.332. The smallest absolute Gasteiger partial charge is 0.144 e. The topological polar surface area (TPSA) is 42.4 Å². The van der Waals surface area contributed by atoms with Gasteiger partial charge in [0.2, 0.25) is 0 Å². The van der Waals surface area contributed by atoms with Crippen molar-refractivity contribution in [3.05, 3.63) is 203 Å². The fourth-order valence-corrected chi connectivity index (χ4v) is 12.9. The van der Waals surface area contributed by atoms with E-state index < -0.39 is 0 Å². The van der Waals surface area contributed by atoms with Crippen LogP contribution in [0.1, 0.15) is 80.5 Å². The van der Waals surface area contributed by atoms with E-state index in [1.54, 1.807) is 0 Å². The molecule has 3 aromatic heterocycles. The quantitative estimate of drug-likeness (QED) is 0.177. The fourth-order valence-electron chi connectivity index (χ4n) is 12.9. The average molecular weight is 865 g/mol. The van der Waals surface area contributed by atoms with Gasteiger partial charge in [-0.2, -0.15) is 0 Å². The number of para-hydroxylation sites is 3. The summed E-state index contributed by atoms with van der Waals surface area (Å²) < 4.78 is 13.8. The third-order valence-electron chi connectivity index (χ3n) is 16.0. The molecular weight excluding hydrogens is 817 g/mol. The van der Waals surface area contributed by atoms with Gasteiger partial charge in [0.05, 0.1) is 0 Å². The first-order chi connectivity index (χ1) is 32.4. The summed E-state index contributed by atoms with van der Waals surface area (Å²) in [5.74, 6) is 0. The Hall–Kier alpha value is -7.69. The van der Waals surface area contributed by atoms with Crippen LogP contribution in [-0.2, 0) is 16.2 Å². The van der Waals surface area contributed by atoms with E-state index in [9.17, 15) is 0 Å². The molecule has 0 spiro atoms. The van der Waals surface area contributed by atoms with Gasteiger partial charge in [-0.1, -0.05) is 133 Å². The molecule has 14 rings (SSSR count). The number of anilines is 3. The Morgan fingerprint density at radius 1 is 0.433 bits per heavy atom. The maximum atomic E-state index is 7.03. The number of hydrogen-bond acceptors (Lipinski definition) is 4. The van der Waals surface area contributed by atoms with Crippen LogP contribution in [-0.4, -0.2) is 4.98 Å². The van der Waals surface area contributed by atoms with E-state index >= 15 is 0 Å². The zero-order chi connectivity index (χ0) is 45.3. The number of nitrogens with zero attached hydrogens (tertiary/aromatic N) is 2. The Balaban J connectivity index is 0.989. The maximum absolute atomic E-state index is 7.03. The lowest BCUT2D eigenvalue weighted by atomic mass is 9.72. The van der Waals surface area contributed by atoms with Crippen LogP contribution in [0.5, 0.6) is 0 Å². The molecule has 0 aliphatic heterocycles. The zero-order valence-electron chi connectivity index (χ0n) is 38.8. The molecule has 4 nitrogen and oxygen atoms in total. The van der Waals surface area contributed by atoms with Crippen molar-refractivity contribution in [2.75, 3.05) is 4.90 Å². The van der Waals surface area contributed by atoms with Crippen molar-refractivity contribution >= 4 is 60.9 Å². The van der Waals surface area contributed by atoms with Gasteiger partial charge in [0.15, 0.2) is 0 Å². The van der Waals surface area contributed by atoms with Gasteiger partial charge in [0.25, 0.3) is 0 Å². The average Bonchev–Trinajstić information content (AvgIpc) is 4.09. The summed E-state index contributed by atoms with van der Waals surface area (Å²) in [5.41, 5.74) is 25.5. The third-order valence-corrected chi connectivity index (χ3v) is 16.0. The van der Waals surface area contributed by atoms with Gasteiger partial charge in [-0.15, -0.1) is 0 Å². The molecule has 8 aromatic carbocycles. The predicted molar refractivity (Wildman–Crippen MR) is 276 cm³/mol. The van der Waals surface area contributed by atoms with Crippen molar-refractivity contribution in [3.63, 3.8) is 0 Å². The van der Waals surface area contributed by atoms with Gasteiger partial charge in [-0.3, -0.25) is 4.98 Å².